The van der Waals surface area contributed by atoms with Crippen molar-refractivity contribution < 1.29 is 22.7 Å². The number of benzene rings is 1. The highest BCUT2D eigenvalue weighted by Crippen LogP contribution is 2.21. The van der Waals surface area contributed by atoms with Crippen molar-refractivity contribution in [3.8, 4) is 0 Å². The topological polar surface area (TPSA) is 142 Å². The molecule has 2 heterocycles. The maximum Gasteiger partial charge on any atom is 0.309 e. The van der Waals surface area contributed by atoms with Crippen molar-refractivity contribution in [2.24, 2.45) is 11.7 Å². The number of rotatable bonds is 6. The highest BCUT2D eigenvalue weighted by atomic mass is 32.2. The second-order valence-corrected chi connectivity index (χ2v) is 8.93. The van der Waals surface area contributed by atoms with E-state index in [1.165, 1.54) is 4.31 Å². The van der Waals surface area contributed by atoms with Crippen molar-refractivity contribution >= 4 is 32.8 Å². The Bertz CT molecular complexity index is 1100. The van der Waals surface area contributed by atoms with E-state index in [-0.39, 0.29) is 32.1 Å². The third kappa shape index (κ3) is 4.80. The molecule has 0 bridgehead atoms. The molecule has 2 aromatic rings. The molecule has 0 unspecified atom stereocenters. The molecule has 29 heavy (non-hydrogen) atoms. The molecule has 1 aromatic carbocycles. The number of fused-ring (bicyclic) bond motifs is 1. The van der Waals surface area contributed by atoms with Crippen LogP contribution in [0.15, 0.2) is 29.1 Å². The Balaban J connectivity index is 1.75. The van der Waals surface area contributed by atoms with Gasteiger partial charge in [-0.05, 0) is 25.0 Å². The van der Waals surface area contributed by atoms with Gasteiger partial charge in [0.2, 0.25) is 15.9 Å². The third-order valence-electron chi connectivity index (χ3n) is 4.85. The van der Waals surface area contributed by atoms with Crippen LogP contribution in [0.4, 0.5) is 0 Å². The van der Waals surface area contributed by atoms with Crippen LogP contribution in [0.3, 0.4) is 0 Å². The lowest BCUT2D eigenvalue weighted by Crippen LogP contribution is -2.40. The summed E-state index contributed by atoms with van der Waals surface area (Å²) in [6.45, 7) is -0.173. The molecule has 0 saturated carbocycles. The van der Waals surface area contributed by atoms with Crippen molar-refractivity contribution in [3.63, 3.8) is 0 Å². The lowest BCUT2D eigenvalue weighted by atomic mass is 9.98. The van der Waals surface area contributed by atoms with Crippen LogP contribution in [0, 0.1) is 5.92 Å². The zero-order chi connectivity index (χ0) is 21.2. The van der Waals surface area contributed by atoms with Crippen LogP contribution in [0.2, 0.25) is 0 Å². The van der Waals surface area contributed by atoms with Crippen LogP contribution in [0.25, 0.3) is 10.9 Å². The molecule has 156 valence electrons. The lowest BCUT2D eigenvalue weighted by molar-refractivity contribution is -0.151. The van der Waals surface area contributed by atoms with E-state index >= 15 is 0 Å². The average molecular weight is 422 g/mol. The molecule has 2 N–H and O–H groups in total. The number of sulfonamides is 1. The van der Waals surface area contributed by atoms with Crippen molar-refractivity contribution in [2.75, 3.05) is 19.3 Å². The Hall–Kier alpha value is -2.79. The Labute approximate surface area is 167 Å². The predicted molar refractivity (Wildman–Crippen MR) is 104 cm³/mol. The summed E-state index contributed by atoms with van der Waals surface area (Å²) in [6, 6.07) is 6.65. The number of esters is 1. The van der Waals surface area contributed by atoms with Gasteiger partial charge in [-0.15, -0.1) is 0 Å². The van der Waals surface area contributed by atoms with Crippen LogP contribution in [-0.2, 0) is 37.5 Å². The first-order chi connectivity index (χ1) is 13.7. The van der Waals surface area contributed by atoms with E-state index in [4.69, 9.17) is 10.5 Å². The number of nitrogens with two attached hydrogens (primary N) is 1. The van der Waals surface area contributed by atoms with E-state index in [9.17, 15) is 22.8 Å². The zero-order valence-corrected chi connectivity index (χ0v) is 16.7. The summed E-state index contributed by atoms with van der Waals surface area (Å²) >= 11 is 0. The standard InChI is InChI=1S/C18H22N4O6S/c1-29(26,27)21-8-6-12(7-9-21)18(25)28-11-16-20-14-5-3-2-4-13(14)17(24)22(16)10-15(19)23/h2-5,12H,6-11H2,1H3,(H2,19,23). The van der Waals surface area contributed by atoms with Gasteiger partial charge in [0.15, 0.2) is 5.82 Å². The predicted octanol–water partition coefficient (Wildman–Crippen LogP) is -0.403. The van der Waals surface area contributed by atoms with Gasteiger partial charge in [0.25, 0.3) is 5.56 Å². The number of carbonyl (C=O) groups excluding carboxylic acids is 2. The minimum Gasteiger partial charge on any atom is -0.457 e. The zero-order valence-electron chi connectivity index (χ0n) is 15.9. The van der Waals surface area contributed by atoms with Gasteiger partial charge >= 0.3 is 5.97 Å². The van der Waals surface area contributed by atoms with Gasteiger partial charge < -0.3 is 10.5 Å². The van der Waals surface area contributed by atoms with Crippen LogP contribution < -0.4 is 11.3 Å². The van der Waals surface area contributed by atoms with E-state index in [0.29, 0.717) is 23.7 Å². The molecular formula is C18H22N4O6S. The van der Waals surface area contributed by atoms with Crippen LogP contribution in [-0.4, -0.2) is 53.5 Å². The molecular weight excluding hydrogens is 400 g/mol. The second-order valence-electron chi connectivity index (χ2n) is 6.95. The van der Waals surface area contributed by atoms with Crippen LogP contribution >= 0.6 is 0 Å². The first-order valence-electron chi connectivity index (χ1n) is 9.05. The molecule has 3 rings (SSSR count). The highest BCUT2D eigenvalue weighted by molar-refractivity contribution is 7.88. The molecule has 1 amide bonds. The summed E-state index contributed by atoms with van der Waals surface area (Å²) < 4.78 is 30.9. The number of amides is 1. The number of para-hydroxylation sites is 1. The smallest absolute Gasteiger partial charge is 0.309 e. The summed E-state index contributed by atoms with van der Waals surface area (Å²) in [5, 5.41) is 0.331. The largest absolute Gasteiger partial charge is 0.457 e. The van der Waals surface area contributed by atoms with Gasteiger partial charge in [-0.2, -0.15) is 0 Å². The third-order valence-corrected chi connectivity index (χ3v) is 6.16. The summed E-state index contributed by atoms with van der Waals surface area (Å²) in [6.07, 6.45) is 1.84. The summed E-state index contributed by atoms with van der Waals surface area (Å²) in [5.74, 6) is -1.53. The number of aromatic nitrogens is 2. The van der Waals surface area contributed by atoms with Crippen molar-refractivity contribution in [1.82, 2.24) is 13.9 Å². The molecule has 0 atom stereocenters. The molecule has 1 fully saturated rings. The van der Waals surface area contributed by atoms with E-state index in [1.54, 1.807) is 24.3 Å². The highest BCUT2D eigenvalue weighted by Gasteiger charge is 2.30. The molecule has 1 aliphatic heterocycles. The van der Waals surface area contributed by atoms with Crippen molar-refractivity contribution in [2.45, 2.75) is 26.0 Å². The summed E-state index contributed by atoms with van der Waals surface area (Å²) in [5.41, 5.74) is 5.22. The molecule has 1 aromatic heterocycles. The SMILES string of the molecule is CS(=O)(=O)N1CCC(C(=O)OCc2nc3ccccc3c(=O)n2CC(N)=O)CC1. The minimum atomic E-state index is -3.28. The van der Waals surface area contributed by atoms with Gasteiger partial charge in [-0.1, -0.05) is 12.1 Å². The van der Waals surface area contributed by atoms with Gasteiger partial charge in [-0.25, -0.2) is 17.7 Å². The second kappa shape index (κ2) is 8.29. The van der Waals surface area contributed by atoms with E-state index in [2.05, 4.69) is 4.98 Å². The van der Waals surface area contributed by atoms with Gasteiger partial charge in [0.1, 0.15) is 13.2 Å². The van der Waals surface area contributed by atoms with E-state index in [1.807, 2.05) is 0 Å². The fourth-order valence-electron chi connectivity index (χ4n) is 3.32. The molecule has 0 aliphatic carbocycles. The maximum absolute atomic E-state index is 12.7. The van der Waals surface area contributed by atoms with Gasteiger partial charge in [0, 0.05) is 13.1 Å². The van der Waals surface area contributed by atoms with Crippen LogP contribution in [0.5, 0.6) is 0 Å². The molecule has 0 radical (unpaired) electrons. The number of hydrogen-bond acceptors (Lipinski definition) is 7. The first kappa shape index (κ1) is 20.9. The number of nitrogens with zero attached hydrogens (tertiary/aromatic N) is 3. The Morgan fingerprint density at radius 1 is 1.24 bits per heavy atom. The minimum absolute atomic E-state index is 0.120. The van der Waals surface area contributed by atoms with Gasteiger partial charge in [0.05, 0.1) is 23.1 Å². The number of hydrogen-bond donors (Lipinski definition) is 1. The van der Waals surface area contributed by atoms with Gasteiger partial charge in [-0.3, -0.25) is 19.0 Å². The van der Waals surface area contributed by atoms with Crippen molar-refractivity contribution in [1.29, 1.82) is 0 Å². The molecule has 0 spiro atoms. The van der Waals surface area contributed by atoms with Crippen molar-refractivity contribution in [3.05, 3.63) is 40.4 Å². The van der Waals surface area contributed by atoms with Crippen LogP contribution in [0.1, 0.15) is 18.7 Å². The average Bonchev–Trinajstić information content (AvgIpc) is 2.68. The Morgan fingerprint density at radius 3 is 2.52 bits per heavy atom. The maximum atomic E-state index is 12.7. The normalized spacial score (nSPS) is 16.0. The number of primary amides is 1. The Morgan fingerprint density at radius 2 is 1.90 bits per heavy atom. The molecule has 11 heteroatoms. The fourth-order valence-corrected chi connectivity index (χ4v) is 4.19. The number of ether oxygens (including phenoxy) is 1. The molecule has 1 saturated heterocycles. The monoisotopic (exact) mass is 422 g/mol. The summed E-state index contributed by atoms with van der Waals surface area (Å²) in [7, 11) is -3.28. The summed E-state index contributed by atoms with van der Waals surface area (Å²) in [4.78, 5) is 40.8. The Kier molecular flexibility index (Phi) is 5.99. The molecule has 1 aliphatic rings. The number of carbonyl (C=O) groups is 2. The lowest BCUT2D eigenvalue weighted by Gasteiger charge is -2.28. The number of piperidine rings is 1. The quantitative estimate of drug-likeness (QED) is 0.624. The van der Waals surface area contributed by atoms with E-state index < -0.39 is 33.4 Å². The molecule has 10 nitrogen and oxygen atoms in total. The fraction of sp³-hybridized carbons (Fsp3) is 0.444. The van der Waals surface area contributed by atoms with E-state index in [0.717, 1.165) is 10.8 Å². The first-order valence-corrected chi connectivity index (χ1v) is 10.9.